The van der Waals surface area contributed by atoms with Crippen molar-refractivity contribution in [1.82, 2.24) is 4.57 Å². The van der Waals surface area contributed by atoms with Crippen LogP contribution in [0.3, 0.4) is 0 Å². The van der Waals surface area contributed by atoms with E-state index in [1.165, 1.54) is 6.07 Å². The van der Waals surface area contributed by atoms with Gasteiger partial charge in [-0.15, -0.1) is 0 Å². The van der Waals surface area contributed by atoms with E-state index >= 15 is 0 Å². The fourth-order valence-corrected chi connectivity index (χ4v) is 2.27. The Kier molecular flexibility index (Phi) is 3.93. The fourth-order valence-electron chi connectivity index (χ4n) is 2.27. The normalized spacial score (nSPS) is 10.0. The molecule has 0 bridgehead atoms. The number of nitrogens with zero attached hydrogens (tertiary/aromatic N) is 1. The van der Waals surface area contributed by atoms with E-state index in [0.717, 1.165) is 16.5 Å². The van der Waals surface area contributed by atoms with Gasteiger partial charge < -0.3 is 9.30 Å². The average molecular weight is 289 g/mol. The minimum Gasteiger partial charge on any atom is -0.480 e. The average Bonchev–Trinajstić information content (AvgIpc) is 2.57. The third-order valence-corrected chi connectivity index (χ3v) is 3.42. The molecule has 108 valence electrons. The molecule has 2 aromatic carbocycles. The number of aromatic nitrogens is 1. The predicted molar refractivity (Wildman–Crippen MR) is 88.0 cm³/mol. The number of pyridine rings is 1. The van der Waals surface area contributed by atoms with Crippen molar-refractivity contribution in [2.24, 2.45) is 7.05 Å². The van der Waals surface area contributed by atoms with Crippen molar-refractivity contribution in [3.63, 3.8) is 0 Å². The van der Waals surface area contributed by atoms with E-state index in [4.69, 9.17) is 4.74 Å². The predicted octanol–water partition coefficient (Wildman–Crippen LogP) is 2.97. The molecule has 3 heteroatoms. The topological polar surface area (TPSA) is 31.2 Å². The molecule has 0 saturated heterocycles. The highest BCUT2D eigenvalue weighted by molar-refractivity contribution is 5.85. The Morgan fingerprint density at radius 1 is 1.05 bits per heavy atom. The van der Waals surface area contributed by atoms with Gasteiger partial charge in [-0.3, -0.25) is 4.79 Å². The van der Waals surface area contributed by atoms with Crippen LogP contribution in [0, 0.1) is 11.8 Å². The van der Waals surface area contributed by atoms with Crippen LogP contribution in [0.15, 0.2) is 65.5 Å². The van der Waals surface area contributed by atoms with Crippen LogP contribution in [0.5, 0.6) is 5.75 Å². The number of benzene rings is 2. The molecule has 0 radical (unpaired) electrons. The molecule has 0 aliphatic heterocycles. The third-order valence-electron chi connectivity index (χ3n) is 3.42. The molecule has 0 spiro atoms. The van der Waals surface area contributed by atoms with Crippen LogP contribution in [0.25, 0.3) is 10.9 Å². The van der Waals surface area contributed by atoms with E-state index < -0.39 is 0 Å². The summed E-state index contributed by atoms with van der Waals surface area (Å²) in [6, 6.07) is 18.9. The molecule has 1 aromatic heterocycles. The minimum atomic E-state index is -0.0929. The summed E-state index contributed by atoms with van der Waals surface area (Å²) in [6.07, 6.45) is 0. The number of aryl methyl sites for hydroxylation is 1. The largest absolute Gasteiger partial charge is 0.480 e. The molecule has 3 nitrogen and oxygen atoms in total. The molecule has 0 aliphatic rings. The Balaban J connectivity index is 1.85. The Morgan fingerprint density at radius 3 is 2.59 bits per heavy atom. The molecule has 3 aromatic rings. The third kappa shape index (κ3) is 2.87. The lowest BCUT2D eigenvalue weighted by atomic mass is 10.2. The van der Waals surface area contributed by atoms with E-state index in [9.17, 15) is 4.79 Å². The lowest BCUT2D eigenvalue weighted by molar-refractivity contribution is 0.373. The SMILES string of the molecule is Cn1c(=O)cc(OCC#Cc2ccccc2)c2ccccc21. The van der Waals surface area contributed by atoms with E-state index in [1.807, 2.05) is 54.6 Å². The first kappa shape index (κ1) is 14.0. The second-order valence-corrected chi connectivity index (χ2v) is 4.88. The van der Waals surface area contributed by atoms with Crippen molar-refractivity contribution >= 4 is 10.9 Å². The van der Waals surface area contributed by atoms with Gasteiger partial charge in [-0.25, -0.2) is 0 Å². The van der Waals surface area contributed by atoms with Gasteiger partial charge in [0.1, 0.15) is 12.4 Å². The first-order chi connectivity index (χ1) is 10.8. The number of fused-ring (bicyclic) bond motifs is 1. The molecule has 0 fully saturated rings. The second-order valence-electron chi connectivity index (χ2n) is 4.88. The molecule has 0 amide bonds. The Labute approximate surface area is 128 Å². The van der Waals surface area contributed by atoms with Crippen molar-refractivity contribution in [2.45, 2.75) is 0 Å². The fraction of sp³-hybridized carbons (Fsp3) is 0.105. The number of hydrogen-bond acceptors (Lipinski definition) is 2. The number of para-hydroxylation sites is 1. The highest BCUT2D eigenvalue weighted by Crippen LogP contribution is 2.22. The van der Waals surface area contributed by atoms with Crippen molar-refractivity contribution in [3.05, 3.63) is 76.6 Å². The molecule has 0 aliphatic carbocycles. The van der Waals surface area contributed by atoms with Crippen LogP contribution < -0.4 is 10.3 Å². The molecular weight excluding hydrogens is 274 g/mol. The second kappa shape index (κ2) is 6.19. The quantitative estimate of drug-likeness (QED) is 0.679. The van der Waals surface area contributed by atoms with Gasteiger partial charge in [-0.05, 0) is 24.3 Å². The van der Waals surface area contributed by atoms with Gasteiger partial charge in [0.15, 0.2) is 0 Å². The monoisotopic (exact) mass is 289 g/mol. The van der Waals surface area contributed by atoms with E-state index in [-0.39, 0.29) is 12.2 Å². The summed E-state index contributed by atoms with van der Waals surface area (Å²) in [7, 11) is 1.75. The summed E-state index contributed by atoms with van der Waals surface area (Å²) in [5.74, 6) is 6.57. The van der Waals surface area contributed by atoms with Crippen molar-refractivity contribution in [2.75, 3.05) is 6.61 Å². The van der Waals surface area contributed by atoms with E-state index in [0.29, 0.717) is 5.75 Å². The van der Waals surface area contributed by atoms with Crippen molar-refractivity contribution in [3.8, 4) is 17.6 Å². The summed E-state index contributed by atoms with van der Waals surface area (Å²) >= 11 is 0. The van der Waals surface area contributed by atoms with Crippen LogP contribution in [0.2, 0.25) is 0 Å². The van der Waals surface area contributed by atoms with Crippen molar-refractivity contribution in [1.29, 1.82) is 0 Å². The summed E-state index contributed by atoms with van der Waals surface area (Å²) < 4.78 is 7.30. The van der Waals surface area contributed by atoms with E-state index in [1.54, 1.807) is 11.6 Å². The number of hydrogen-bond donors (Lipinski definition) is 0. The Morgan fingerprint density at radius 2 is 1.77 bits per heavy atom. The number of ether oxygens (including phenoxy) is 1. The molecule has 1 heterocycles. The minimum absolute atomic E-state index is 0.0929. The summed E-state index contributed by atoms with van der Waals surface area (Å²) in [6.45, 7) is 0.242. The van der Waals surface area contributed by atoms with Gasteiger partial charge >= 0.3 is 0 Å². The highest BCUT2D eigenvalue weighted by Gasteiger charge is 2.06. The van der Waals surface area contributed by atoms with Gasteiger partial charge in [0.25, 0.3) is 5.56 Å². The number of rotatable bonds is 2. The maximum Gasteiger partial charge on any atom is 0.254 e. The summed E-state index contributed by atoms with van der Waals surface area (Å²) in [4.78, 5) is 12.0. The maximum absolute atomic E-state index is 12.0. The smallest absolute Gasteiger partial charge is 0.254 e. The Bertz CT molecular complexity index is 915. The van der Waals surface area contributed by atoms with Crippen LogP contribution in [-0.4, -0.2) is 11.2 Å². The first-order valence-corrected chi connectivity index (χ1v) is 7.01. The van der Waals surface area contributed by atoms with Crippen LogP contribution >= 0.6 is 0 Å². The van der Waals surface area contributed by atoms with E-state index in [2.05, 4.69) is 11.8 Å². The zero-order chi connectivity index (χ0) is 15.4. The van der Waals surface area contributed by atoms with Crippen LogP contribution in [-0.2, 0) is 7.05 Å². The molecular formula is C19H15NO2. The Hall–Kier alpha value is -2.99. The van der Waals surface area contributed by atoms with Crippen LogP contribution in [0.1, 0.15) is 5.56 Å². The lowest BCUT2D eigenvalue weighted by Crippen LogP contribution is -2.16. The molecule has 0 atom stereocenters. The van der Waals surface area contributed by atoms with Crippen LogP contribution in [0.4, 0.5) is 0 Å². The first-order valence-electron chi connectivity index (χ1n) is 7.01. The maximum atomic E-state index is 12.0. The molecule has 0 unspecified atom stereocenters. The molecule has 0 N–H and O–H groups in total. The summed E-state index contributed by atoms with van der Waals surface area (Å²) in [5.41, 5.74) is 1.70. The summed E-state index contributed by atoms with van der Waals surface area (Å²) in [5, 5.41) is 0.908. The van der Waals surface area contributed by atoms with Gasteiger partial charge in [-0.2, -0.15) is 0 Å². The molecule has 3 rings (SSSR count). The molecule has 0 saturated carbocycles. The zero-order valence-electron chi connectivity index (χ0n) is 12.2. The molecule has 22 heavy (non-hydrogen) atoms. The highest BCUT2D eigenvalue weighted by atomic mass is 16.5. The van der Waals surface area contributed by atoms with Gasteiger partial charge in [-0.1, -0.05) is 42.2 Å². The zero-order valence-corrected chi connectivity index (χ0v) is 12.2. The van der Waals surface area contributed by atoms with Gasteiger partial charge in [0.05, 0.1) is 5.52 Å². The van der Waals surface area contributed by atoms with Crippen molar-refractivity contribution < 1.29 is 4.74 Å². The lowest BCUT2D eigenvalue weighted by Gasteiger charge is -2.09. The van der Waals surface area contributed by atoms with Gasteiger partial charge in [0.2, 0.25) is 0 Å². The standard InChI is InChI=1S/C19H15NO2/c1-20-17-12-6-5-11-16(17)18(14-19(20)21)22-13-7-10-15-8-3-2-4-9-15/h2-6,8-9,11-12,14H,13H2,1H3. The van der Waals surface area contributed by atoms with Gasteiger partial charge in [0, 0.05) is 24.1 Å².